The molecular weight excluding hydrogens is 279 g/mol. The van der Waals surface area contributed by atoms with Gasteiger partial charge >= 0.3 is 0 Å². The molecule has 20 heavy (non-hydrogen) atoms. The highest BCUT2D eigenvalue weighted by Crippen LogP contribution is 2.21. The zero-order chi connectivity index (χ0) is 13.9. The third kappa shape index (κ3) is 2.82. The summed E-state index contributed by atoms with van der Waals surface area (Å²) in [6, 6.07) is 9.19. The number of benzene rings is 1. The van der Waals surface area contributed by atoms with Gasteiger partial charge in [-0.05, 0) is 24.3 Å². The second kappa shape index (κ2) is 5.63. The molecule has 0 unspecified atom stereocenters. The number of nitrogens with zero attached hydrogens (tertiary/aromatic N) is 4. The molecule has 0 radical (unpaired) electrons. The van der Waals surface area contributed by atoms with Crippen LogP contribution in [0, 0.1) is 5.95 Å². The van der Waals surface area contributed by atoms with Crippen molar-refractivity contribution < 1.29 is 4.39 Å². The van der Waals surface area contributed by atoms with E-state index in [0.717, 1.165) is 36.9 Å². The van der Waals surface area contributed by atoms with Gasteiger partial charge in [-0.3, -0.25) is 0 Å². The standard InChI is InChI=1S/C14H14ClFN4/c15-11-1-3-12(4-2-11)19-5-7-20(8-6-19)14-9-13(16)17-10-18-14/h1-4,9-10H,5-8H2. The Morgan fingerprint density at radius 3 is 2.25 bits per heavy atom. The van der Waals surface area contributed by atoms with Gasteiger partial charge in [-0.15, -0.1) is 0 Å². The Kier molecular flexibility index (Phi) is 3.69. The molecule has 1 aromatic heterocycles. The number of hydrogen-bond acceptors (Lipinski definition) is 4. The molecule has 6 heteroatoms. The molecule has 104 valence electrons. The number of rotatable bonds is 2. The molecule has 1 fully saturated rings. The number of halogens is 2. The second-order valence-electron chi connectivity index (χ2n) is 4.65. The number of hydrogen-bond donors (Lipinski definition) is 0. The highest BCUT2D eigenvalue weighted by atomic mass is 35.5. The monoisotopic (exact) mass is 292 g/mol. The molecule has 0 bridgehead atoms. The molecule has 0 atom stereocenters. The molecule has 2 aromatic rings. The fourth-order valence-corrected chi connectivity index (χ4v) is 2.47. The maximum atomic E-state index is 13.1. The van der Waals surface area contributed by atoms with Gasteiger partial charge in [0.2, 0.25) is 5.95 Å². The number of aromatic nitrogens is 2. The first kappa shape index (κ1) is 13.1. The molecule has 1 aliphatic heterocycles. The van der Waals surface area contributed by atoms with Crippen LogP contribution in [-0.4, -0.2) is 36.1 Å². The quantitative estimate of drug-likeness (QED) is 0.797. The van der Waals surface area contributed by atoms with Crippen LogP contribution in [0.2, 0.25) is 5.02 Å². The van der Waals surface area contributed by atoms with E-state index < -0.39 is 5.95 Å². The van der Waals surface area contributed by atoms with E-state index in [1.165, 1.54) is 12.4 Å². The van der Waals surface area contributed by atoms with Gasteiger partial charge in [-0.2, -0.15) is 4.39 Å². The molecule has 3 rings (SSSR count). The Morgan fingerprint density at radius 2 is 1.60 bits per heavy atom. The summed E-state index contributed by atoms with van der Waals surface area (Å²) in [5, 5.41) is 0.740. The average Bonchev–Trinajstić information content (AvgIpc) is 2.48. The van der Waals surface area contributed by atoms with E-state index in [2.05, 4.69) is 19.8 Å². The largest absolute Gasteiger partial charge is 0.368 e. The molecule has 4 nitrogen and oxygen atoms in total. The molecule has 0 aliphatic carbocycles. The van der Waals surface area contributed by atoms with Gasteiger partial charge in [-0.1, -0.05) is 11.6 Å². The van der Waals surface area contributed by atoms with Crippen molar-refractivity contribution in [1.29, 1.82) is 0 Å². The van der Waals surface area contributed by atoms with Crippen LogP contribution >= 0.6 is 11.6 Å². The van der Waals surface area contributed by atoms with E-state index in [9.17, 15) is 4.39 Å². The summed E-state index contributed by atoms with van der Waals surface area (Å²) in [4.78, 5) is 11.9. The Balaban J connectivity index is 1.66. The molecule has 0 amide bonds. The fourth-order valence-electron chi connectivity index (χ4n) is 2.34. The summed E-state index contributed by atoms with van der Waals surface area (Å²) in [5.41, 5.74) is 1.16. The topological polar surface area (TPSA) is 32.3 Å². The van der Waals surface area contributed by atoms with E-state index in [1.54, 1.807) is 0 Å². The maximum Gasteiger partial charge on any atom is 0.218 e. The van der Waals surface area contributed by atoms with E-state index in [4.69, 9.17) is 11.6 Å². The minimum absolute atomic E-state index is 0.491. The molecule has 0 N–H and O–H groups in total. The summed E-state index contributed by atoms with van der Waals surface area (Å²) in [7, 11) is 0. The third-order valence-corrected chi connectivity index (χ3v) is 3.67. The van der Waals surface area contributed by atoms with Crippen molar-refractivity contribution in [2.45, 2.75) is 0 Å². The Bertz CT molecular complexity index is 582. The normalized spacial score (nSPS) is 15.5. The van der Waals surface area contributed by atoms with E-state index in [1.807, 2.05) is 24.3 Å². The molecular formula is C14H14ClFN4. The van der Waals surface area contributed by atoms with Gasteiger partial charge < -0.3 is 9.80 Å². The van der Waals surface area contributed by atoms with Crippen LogP contribution in [0.4, 0.5) is 15.9 Å². The second-order valence-corrected chi connectivity index (χ2v) is 5.09. The zero-order valence-corrected chi connectivity index (χ0v) is 11.6. The Morgan fingerprint density at radius 1 is 0.950 bits per heavy atom. The smallest absolute Gasteiger partial charge is 0.218 e. The van der Waals surface area contributed by atoms with Crippen molar-refractivity contribution >= 4 is 23.1 Å². The number of piperazine rings is 1. The summed E-state index contributed by atoms with van der Waals surface area (Å²) in [6.07, 6.45) is 1.26. The van der Waals surface area contributed by atoms with Crippen molar-refractivity contribution in [3.05, 3.63) is 47.6 Å². The lowest BCUT2D eigenvalue weighted by atomic mass is 10.2. The minimum Gasteiger partial charge on any atom is -0.368 e. The highest BCUT2D eigenvalue weighted by molar-refractivity contribution is 6.30. The first-order valence-electron chi connectivity index (χ1n) is 6.45. The predicted octanol–water partition coefficient (Wildman–Crippen LogP) is 2.60. The summed E-state index contributed by atoms with van der Waals surface area (Å²) in [6.45, 7) is 3.35. The van der Waals surface area contributed by atoms with Crippen LogP contribution < -0.4 is 9.80 Å². The molecule has 1 aromatic carbocycles. The van der Waals surface area contributed by atoms with Crippen LogP contribution in [0.3, 0.4) is 0 Å². The predicted molar refractivity (Wildman–Crippen MR) is 77.9 cm³/mol. The zero-order valence-electron chi connectivity index (χ0n) is 10.8. The van der Waals surface area contributed by atoms with Crippen molar-refractivity contribution in [2.24, 2.45) is 0 Å². The summed E-state index contributed by atoms with van der Waals surface area (Å²) in [5.74, 6) is 0.156. The van der Waals surface area contributed by atoms with Crippen molar-refractivity contribution in [2.75, 3.05) is 36.0 Å². The maximum absolute atomic E-state index is 13.1. The lowest BCUT2D eigenvalue weighted by Crippen LogP contribution is -2.46. The SMILES string of the molecule is Fc1cc(N2CCN(c3ccc(Cl)cc3)CC2)ncn1. The van der Waals surface area contributed by atoms with Gasteiger partial charge in [0.1, 0.15) is 12.1 Å². The Labute approximate surface area is 121 Å². The first-order valence-corrected chi connectivity index (χ1v) is 6.83. The van der Waals surface area contributed by atoms with Gasteiger partial charge in [-0.25, -0.2) is 9.97 Å². The van der Waals surface area contributed by atoms with Gasteiger partial charge in [0.25, 0.3) is 0 Å². The highest BCUT2D eigenvalue weighted by Gasteiger charge is 2.18. The summed E-state index contributed by atoms with van der Waals surface area (Å²) >= 11 is 5.89. The third-order valence-electron chi connectivity index (χ3n) is 3.41. The van der Waals surface area contributed by atoms with Crippen molar-refractivity contribution in [1.82, 2.24) is 9.97 Å². The first-order chi connectivity index (χ1) is 9.72. The van der Waals surface area contributed by atoms with Crippen LogP contribution in [0.15, 0.2) is 36.7 Å². The molecule has 0 spiro atoms. The van der Waals surface area contributed by atoms with Crippen molar-refractivity contribution in [3.63, 3.8) is 0 Å². The van der Waals surface area contributed by atoms with E-state index >= 15 is 0 Å². The van der Waals surface area contributed by atoms with Crippen LogP contribution in [-0.2, 0) is 0 Å². The molecule has 1 saturated heterocycles. The van der Waals surface area contributed by atoms with Gasteiger partial charge in [0.15, 0.2) is 0 Å². The summed E-state index contributed by atoms with van der Waals surface area (Å²) < 4.78 is 13.1. The minimum atomic E-state index is -0.491. The lowest BCUT2D eigenvalue weighted by Gasteiger charge is -2.36. The fraction of sp³-hybridized carbons (Fsp3) is 0.286. The Hall–Kier alpha value is -1.88. The molecule has 0 saturated carbocycles. The van der Waals surface area contributed by atoms with Crippen molar-refractivity contribution in [3.8, 4) is 0 Å². The molecule has 1 aliphatic rings. The van der Waals surface area contributed by atoms with Crippen LogP contribution in [0.25, 0.3) is 0 Å². The average molecular weight is 293 g/mol. The van der Waals surface area contributed by atoms with Crippen LogP contribution in [0.5, 0.6) is 0 Å². The number of anilines is 2. The van der Waals surface area contributed by atoms with E-state index in [0.29, 0.717) is 5.82 Å². The van der Waals surface area contributed by atoms with Gasteiger partial charge in [0.05, 0.1) is 0 Å². The van der Waals surface area contributed by atoms with Gasteiger partial charge in [0, 0.05) is 43.0 Å². The lowest BCUT2D eigenvalue weighted by molar-refractivity contribution is 0.574. The van der Waals surface area contributed by atoms with Crippen LogP contribution in [0.1, 0.15) is 0 Å². The molecule has 2 heterocycles. The van der Waals surface area contributed by atoms with E-state index in [-0.39, 0.29) is 0 Å².